The minimum Gasteiger partial charge on any atom is -0.493 e. The fraction of sp³-hybridized carbons (Fsp3) is 0.500. The van der Waals surface area contributed by atoms with Gasteiger partial charge >= 0.3 is 0 Å². The molecule has 8 nitrogen and oxygen atoms in total. The first kappa shape index (κ1) is 14.5. The largest absolute Gasteiger partial charge is 0.493 e. The third-order valence-electron chi connectivity index (χ3n) is 3.06. The van der Waals surface area contributed by atoms with Crippen molar-refractivity contribution in [1.29, 1.82) is 0 Å². The van der Waals surface area contributed by atoms with Gasteiger partial charge in [-0.1, -0.05) is 0 Å². The molecule has 2 aromatic heterocycles. The first-order chi connectivity index (χ1) is 9.67. The molecule has 0 amide bonds. The van der Waals surface area contributed by atoms with Crippen molar-refractivity contribution < 1.29 is 4.74 Å². The van der Waals surface area contributed by atoms with Crippen LogP contribution in [0.1, 0.15) is 17.6 Å². The number of aromatic amines is 1. The van der Waals surface area contributed by atoms with Crippen LogP contribution in [0.5, 0.6) is 5.75 Å². The lowest BCUT2D eigenvalue weighted by Crippen LogP contribution is -2.32. The Kier molecular flexibility index (Phi) is 4.72. The number of H-pyrrole nitrogens is 1. The molecule has 0 saturated heterocycles. The van der Waals surface area contributed by atoms with Crippen molar-refractivity contribution >= 4 is 0 Å². The molecule has 2 rings (SSSR count). The molecule has 110 valence electrons. The standard InChI is InChI=1S/C12H21N7O/c1-18(2)6-7-19-11(9(20-3)8-16-19)10(17-13)12-14-4-5-15-12/h4-5,8,10,17H,6-7,13H2,1-3H3,(H,14,15). The van der Waals surface area contributed by atoms with Crippen LogP contribution in [0.2, 0.25) is 0 Å². The molecule has 0 spiro atoms. The number of hydrogen-bond acceptors (Lipinski definition) is 6. The van der Waals surface area contributed by atoms with Crippen molar-refractivity contribution in [3.63, 3.8) is 0 Å². The minimum absolute atomic E-state index is 0.301. The van der Waals surface area contributed by atoms with Crippen LogP contribution in [0.4, 0.5) is 0 Å². The third kappa shape index (κ3) is 2.98. The van der Waals surface area contributed by atoms with Crippen molar-refractivity contribution in [3.8, 4) is 5.75 Å². The topological polar surface area (TPSA) is 97.0 Å². The Morgan fingerprint density at radius 2 is 2.35 bits per heavy atom. The Labute approximate surface area is 117 Å². The molecule has 0 radical (unpaired) electrons. The summed E-state index contributed by atoms with van der Waals surface area (Å²) in [6.45, 7) is 1.61. The van der Waals surface area contributed by atoms with Gasteiger partial charge in [0, 0.05) is 18.9 Å². The molecule has 20 heavy (non-hydrogen) atoms. The highest BCUT2D eigenvalue weighted by atomic mass is 16.5. The second kappa shape index (κ2) is 6.51. The summed E-state index contributed by atoms with van der Waals surface area (Å²) in [5.41, 5.74) is 3.61. The number of nitrogens with zero attached hydrogens (tertiary/aromatic N) is 4. The number of nitrogens with two attached hydrogens (primary N) is 1. The van der Waals surface area contributed by atoms with E-state index in [4.69, 9.17) is 10.6 Å². The summed E-state index contributed by atoms with van der Waals surface area (Å²) < 4.78 is 7.26. The molecule has 8 heteroatoms. The number of nitrogens with one attached hydrogen (secondary N) is 2. The highest BCUT2D eigenvalue weighted by molar-refractivity contribution is 5.32. The predicted molar refractivity (Wildman–Crippen MR) is 75.1 cm³/mol. The zero-order valence-electron chi connectivity index (χ0n) is 12.0. The summed E-state index contributed by atoms with van der Waals surface area (Å²) in [5, 5.41) is 4.37. The molecule has 2 heterocycles. The summed E-state index contributed by atoms with van der Waals surface area (Å²) in [4.78, 5) is 9.40. The molecule has 0 aliphatic carbocycles. The Morgan fingerprint density at radius 3 is 2.90 bits per heavy atom. The van der Waals surface area contributed by atoms with E-state index in [1.54, 1.807) is 25.7 Å². The van der Waals surface area contributed by atoms with Gasteiger partial charge in [0.15, 0.2) is 5.75 Å². The molecule has 0 aliphatic rings. The van der Waals surface area contributed by atoms with Gasteiger partial charge in [0.25, 0.3) is 0 Å². The molecule has 2 aromatic rings. The van der Waals surface area contributed by atoms with Crippen LogP contribution in [-0.2, 0) is 6.54 Å². The van der Waals surface area contributed by atoms with Crippen molar-refractivity contribution in [2.45, 2.75) is 12.6 Å². The van der Waals surface area contributed by atoms with E-state index in [1.165, 1.54) is 0 Å². The number of hydrogen-bond donors (Lipinski definition) is 3. The SMILES string of the molecule is COc1cnn(CCN(C)C)c1C(NN)c1ncc[nH]1. The van der Waals surface area contributed by atoms with Crippen LogP contribution in [-0.4, -0.2) is 52.4 Å². The van der Waals surface area contributed by atoms with E-state index in [9.17, 15) is 0 Å². The van der Waals surface area contributed by atoms with Gasteiger partial charge in [0.05, 0.1) is 19.9 Å². The van der Waals surface area contributed by atoms with E-state index in [0.717, 1.165) is 24.6 Å². The number of aromatic nitrogens is 4. The van der Waals surface area contributed by atoms with Gasteiger partial charge in [-0.05, 0) is 14.1 Å². The van der Waals surface area contributed by atoms with E-state index in [2.05, 4.69) is 25.4 Å². The van der Waals surface area contributed by atoms with Crippen molar-refractivity contribution in [3.05, 3.63) is 30.1 Å². The van der Waals surface area contributed by atoms with E-state index in [-0.39, 0.29) is 6.04 Å². The number of ether oxygens (including phenoxy) is 1. The van der Waals surface area contributed by atoms with Crippen LogP contribution >= 0.6 is 0 Å². The molecule has 0 fully saturated rings. The number of methoxy groups -OCH3 is 1. The summed E-state index contributed by atoms with van der Waals surface area (Å²) in [5.74, 6) is 7.09. The van der Waals surface area contributed by atoms with Gasteiger partial charge < -0.3 is 14.6 Å². The first-order valence-corrected chi connectivity index (χ1v) is 6.37. The van der Waals surface area contributed by atoms with Crippen molar-refractivity contribution in [1.82, 2.24) is 30.1 Å². The number of hydrazine groups is 1. The Bertz CT molecular complexity index is 520. The van der Waals surface area contributed by atoms with E-state index < -0.39 is 0 Å². The van der Waals surface area contributed by atoms with E-state index in [1.807, 2.05) is 18.8 Å². The smallest absolute Gasteiger partial charge is 0.162 e. The molecular weight excluding hydrogens is 258 g/mol. The van der Waals surface area contributed by atoms with Gasteiger partial charge in [-0.3, -0.25) is 10.5 Å². The van der Waals surface area contributed by atoms with Gasteiger partial charge in [0.2, 0.25) is 0 Å². The lowest BCUT2D eigenvalue weighted by atomic mass is 10.2. The maximum atomic E-state index is 5.69. The molecule has 0 aliphatic heterocycles. The average Bonchev–Trinajstić information content (AvgIpc) is 3.07. The van der Waals surface area contributed by atoms with E-state index >= 15 is 0 Å². The number of likely N-dealkylation sites (N-methyl/N-ethyl adjacent to an activating group) is 1. The van der Waals surface area contributed by atoms with Gasteiger partial charge in [-0.25, -0.2) is 10.4 Å². The Morgan fingerprint density at radius 1 is 1.55 bits per heavy atom. The molecular formula is C12H21N7O. The summed E-state index contributed by atoms with van der Waals surface area (Å²) in [7, 11) is 5.66. The first-order valence-electron chi connectivity index (χ1n) is 6.37. The van der Waals surface area contributed by atoms with Gasteiger partial charge in [0.1, 0.15) is 17.6 Å². The molecule has 4 N–H and O–H groups in total. The fourth-order valence-electron chi connectivity index (χ4n) is 2.02. The highest BCUT2D eigenvalue weighted by Crippen LogP contribution is 2.27. The third-order valence-corrected chi connectivity index (χ3v) is 3.06. The van der Waals surface area contributed by atoms with E-state index in [0.29, 0.717) is 5.75 Å². The summed E-state index contributed by atoms with van der Waals surface area (Å²) >= 11 is 0. The number of imidazole rings is 1. The van der Waals surface area contributed by atoms with Crippen LogP contribution in [0.15, 0.2) is 18.6 Å². The van der Waals surface area contributed by atoms with Crippen molar-refractivity contribution in [2.75, 3.05) is 27.7 Å². The van der Waals surface area contributed by atoms with Gasteiger partial charge in [-0.2, -0.15) is 5.10 Å². The maximum Gasteiger partial charge on any atom is 0.162 e. The predicted octanol–water partition coefficient (Wildman–Crippen LogP) is -0.271. The molecule has 1 atom stereocenters. The lowest BCUT2D eigenvalue weighted by molar-refractivity contribution is 0.358. The second-order valence-corrected chi connectivity index (χ2v) is 4.70. The second-order valence-electron chi connectivity index (χ2n) is 4.70. The maximum absolute atomic E-state index is 5.69. The zero-order chi connectivity index (χ0) is 14.5. The molecule has 1 unspecified atom stereocenters. The zero-order valence-corrected chi connectivity index (χ0v) is 12.0. The summed E-state index contributed by atoms with van der Waals surface area (Å²) in [6, 6.07) is -0.301. The van der Waals surface area contributed by atoms with Crippen LogP contribution in [0.3, 0.4) is 0 Å². The van der Waals surface area contributed by atoms with Crippen LogP contribution in [0, 0.1) is 0 Å². The molecule has 0 aromatic carbocycles. The Balaban J connectivity index is 2.34. The molecule has 0 bridgehead atoms. The lowest BCUT2D eigenvalue weighted by Gasteiger charge is -2.18. The monoisotopic (exact) mass is 279 g/mol. The molecule has 0 saturated carbocycles. The quantitative estimate of drug-likeness (QED) is 0.477. The summed E-state index contributed by atoms with van der Waals surface area (Å²) in [6.07, 6.45) is 5.14. The average molecular weight is 279 g/mol. The minimum atomic E-state index is -0.301. The Hall–Kier alpha value is -1.90. The fourth-order valence-corrected chi connectivity index (χ4v) is 2.02. The normalized spacial score (nSPS) is 12.8. The van der Waals surface area contributed by atoms with Crippen LogP contribution < -0.4 is 16.0 Å². The van der Waals surface area contributed by atoms with Crippen molar-refractivity contribution in [2.24, 2.45) is 5.84 Å². The highest BCUT2D eigenvalue weighted by Gasteiger charge is 2.24. The van der Waals surface area contributed by atoms with Crippen LogP contribution in [0.25, 0.3) is 0 Å². The van der Waals surface area contributed by atoms with Gasteiger partial charge in [-0.15, -0.1) is 0 Å². The number of rotatable bonds is 7.